The Balaban J connectivity index is 2.23. The number of aryl methyl sites for hydroxylation is 1. The number of hydrogen-bond donors (Lipinski definition) is 0. The highest BCUT2D eigenvalue weighted by atomic mass is 32.1. The molecule has 0 amide bonds. The van der Waals surface area contributed by atoms with Crippen molar-refractivity contribution >= 4 is 22.5 Å². The predicted octanol–water partition coefficient (Wildman–Crippen LogP) is 3.25. The summed E-state index contributed by atoms with van der Waals surface area (Å²) >= 11 is 1.84. The first-order valence-corrected chi connectivity index (χ1v) is 7.20. The summed E-state index contributed by atoms with van der Waals surface area (Å²) in [6.07, 6.45) is 2.35. The molecule has 1 nitrogen and oxygen atoms in total. The molecule has 1 aromatic carbocycles. The van der Waals surface area contributed by atoms with Gasteiger partial charge < -0.3 is 0 Å². The topological polar surface area (TPSA) is 12.9 Å². The Labute approximate surface area is 112 Å². The second-order valence-corrected chi connectivity index (χ2v) is 6.12. The summed E-state index contributed by atoms with van der Waals surface area (Å²) in [4.78, 5) is 4.84. The number of hydrogen-bond acceptors (Lipinski definition) is 2. The minimum Gasteiger partial charge on any atom is -0.236 e. The van der Waals surface area contributed by atoms with Gasteiger partial charge in [0.2, 0.25) is 0 Å². The Hall–Kier alpha value is -1.41. The molecule has 2 heteroatoms. The van der Waals surface area contributed by atoms with Crippen molar-refractivity contribution < 1.29 is 0 Å². The number of benzene rings is 1. The minimum atomic E-state index is 1.15. The number of nitrogens with zero attached hydrogens (tertiary/aromatic N) is 1. The Morgan fingerprint density at radius 3 is 2.28 bits per heavy atom. The van der Waals surface area contributed by atoms with Crippen LogP contribution in [0.4, 0.5) is 0 Å². The monoisotopic (exact) mass is 255 g/mol. The van der Waals surface area contributed by atoms with Crippen LogP contribution >= 0.6 is 11.3 Å². The van der Waals surface area contributed by atoms with Gasteiger partial charge in [-0.3, -0.25) is 0 Å². The summed E-state index contributed by atoms with van der Waals surface area (Å²) in [5, 5.41) is 2.39. The molecular formula is C16H17NS. The van der Waals surface area contributed by atoms with Gasteiger partial charge in [-0.15, -0.1) is 11.3 Å². The summed E-state index contributed by atoms with van der Waals surface area (Å²) in [5.41, 5.74) is 5.46. The Kier molecular flexibility index (Phi) is 2.83. The summed E-state index contributed by atoms with van der Waals surface area (Å²) in [6, 6.07) is 8.65. The van der Waals surface area contributed by atoms with E-state index in [1.165, 1.54) is 38.6 Å². The van der Waals surface area contributed by atoms with Crippen LogP contribution in [0.3, 0.4) is 0 Å². The first-order chi connectivity index (χ1) is 8.65. The van der Waals surface area contributed by atoms with Gasteiger partial charge in [0.05, 0.1) is 9.88 Å². The van der Waals surface area contributed by atoms with Gasteiger partial charge in [-0.1, -0.05) is 35.4 Å². The van der Waals surface area contributed by atoms with Crippen LogP contribution in [-0.2, 0) is 0 Å². The third kappa shape index (κ3) is 1.91. The van der Waals surface area contributed by atoms with E-state index in [1.807, 2.05) is 11.3 Å². The highest BCUT2D eigenvalue weighted by Crippen LogP contribution is 2.21. The van der Waals surface area contributed by atoms with Crippen LogP contribution in [-0.4, -0.2) is 4.98 Å². The maximum absolute atomic E-state index is 4.84. The molecule has 1 aromatic heterocycles. The first kappa shape index (κ1) is 11.7. The van der Waals surface area contributed by atoms with Gasteiger partial charge in [0.1, 0.15) is 5.01 Å². The zero-order valence-electron chi connectivity index (χ0n) is 11.1. The fourth-order valence-electron chi connectivity index (χ4n) is 2.33. The van der Waals surface area contributed by atoms with Gasteiger partial charge in [-0.05, 0) is 39.2 Å². The van der Waals surface area contributed by atoms with Crippen LogP contribution in [0.5, 0.6) is 0 Å². The maximum Gasteiger partial charge on any atom is 0.124 e. The molecule has 3 rings (SSSR count). The van der Waals surface area contributed by atoms with E-state index in [-0.39, 0.29) is 0 Å². The van der Waals surface area contributed by atoms with Gasteiger partial charge in [0, 0.05) is 5.56 Å². The van der Waals surface area contributed by atoms with Crippen LogP contribution in [0, 0.1) is 6.92 Å². The normalized spacial score (nSPS) is 14.8. The predicted molar refractivity (Wildman–Crippen MR) is 78.9 cm³/mol. The van der Waals surface area contributed by atoms with E-state index in [0.717, 1.165) is 11.4 Å². The van der Waals surface area contributed by atoms with Crippen molar-refractivity contribution in [1.29, 1.82) is 0 Å². The lowest BCUT2D eigenvalue weighted by atomic mass is 10.0. The van der Waals surface area contributed by atoms with Crippen molar-refractivity contribution in [3.8, 4) is 10.6 Å². The van der Waals surface area contributed by atoms with Crippen LogP contribution in [0.1, 0.15) is 32.3 Å². The molecule has 0 spiro atoms. The van der Waals surface area contributed by atoms with E-state index in [9.17, 15) is 0 Å². The third-order valence-corrected chi connectivity index (χ3v) is 4.86. The zero-order valence-corrected chi connectivity index (χ0v) is 11.9. The standard InChI is InChI=1S/C16H17NS/c1-10-4-8-13(9-5-10)16-17-14-11(2)6-7-12(3)15(14)18-16/h4-5,8-9H,6-7H2,1-3H3. The molecule has 0 saturated heterocycles. The Morgan fingerprint density at radius 2 is 1.61 bits per heavy atom. The van der Waals surface area contributed by atoms with Gasteiger partial charge in [-0.2, -0.15) is 0 Å². The molecule has 0 saturated carbocycles. The highest BCUT2D eigenvalue weighted by Gasteiger charge is 2.11. The number of rotatable bonds is 1. The van der Waals surface area contributed by atoms with E-state index >= 15 is 0 Å². The Morgan fingerprint density at radius 1 is 0.944 bits per heavy atom. The van der Waals surface area contributed by atoms with E-state index in [4.69, 9.17) is 4.98 Å². The molecule has 0 atom stereocenters. The van der Waals surface area contributed by atoms with Crippen LogP contribution < -0.4 is 9.88 Å². The second-order valence-electron chi connectivity index (χ2n) is 5.12. The molecule has 0 aliphatic heterocycles. The molecule has 0 radical (unpaired) electrons. The van der Waals surface area contributed by atoms with Crippen molar-refractivity contribution in [2.24, 2.45) is 0 Å². The highest BCUT2D eigenvalue weighted by molar-refractivity contribution is 7.13. The van der Waals surface area contributed by atoms with E-state index in [1.54, 1.807) is 0 Å². The van der Waals surface area contributed by atoms with E-state index in [2.05, 4.69) is 45.0 Å². The van der Waals surface area contributed by atoms with Gasteiger partial charge in [-0.25, -0.2) is 4.98 Å². The van der Waals surface area contributed by atoms with Gasteiger partial charge >= 0.3 is 0 Å². The number of aromatic nitrogens is 1. The Bertz CT molecular complexity index is 665. The van der Waals surface area contributed by atoms with E-state index < -0.39 is 0 Å². The fourth-order valence-corrected chi connectivity index (χ4v) is 3.50. The van der Waals surface area contributed by atoms with E-state index in [0.29, 0.717) is 0 Å². The minimum absolute atomic E-state index is 1.15. The molecule has 0 bridgehead atoms. The van der Waals surface area contributed by atoms with Crippen LogP contribution in [0.2, 0.25) is 0 Å². The lowest BCUT2D eigenvalue weighted by Gasteiger charge is -2.05. The lowest BCUT2D eigenvalue weighted by molar-refractivity contribution is 1.01. The maximum atomic E-state index is 4.84. The fraction of sp³-hybridized carbons (Fsp3) is 0.312. The molecule has 0 N–H and O–H groups in total. The van der Waals surface area contributed by atoms with Crippen LogP contribution in [0.15, 0.2) is 24.3 Å². The van der Waals surface area contributed by atoms with Crippen molar-refractivity contribution in [1.82, 2.24) is 4.98 Å². The van der Waals surface area contributed by atoms with Crippen LogP contribution in [0.25, 0.3) is 21.7 Å². The summed E-state index contributed by atoms with van der Waals surface area (Å²) < 4.78 is 1.40. The van der Waals surface area contributed by atoms with Crippen molar-refractivity contribution in [2.75, 3.05) is 0 Å². The molecule has 18 heavy (non-hydrogen) atoms. The molecule has 92 valence electrons. The molecule has 2 aromatic rings. The SMILES string of the molecule is CC1=c2nc(-c3ccc(C)cc3)sc2=C(C)CC1. The molecule has 0 fully saturated rings. The zero-order chi connectivity index (χ0) is 12.7. The average Bonchev–Trinajstić information content (AvgIpc) is 2.81. The third-order valence-electron chi connectivity index (χ3n) is 3.59. The molecule has 0 unspecified atom stereocenters. The summed E-state index contributed by atoms with van der Waals surface area (Å²) in [6.45, 7) is 6.57. The van der Waals surface area contributed by atoms with Gasteiger partial charge in [0.25, 0.3) is 0 Å². The average molecular weight is 255 g/mol. The molecule has 1 aliphatic carbocycles. The largest absolute Gasteiger partial charge is 0.236 e. The van der Waals surface area contributed by atoms with Crippen molar-refractivity contribution in [2.45, 2.75) is 33.6 Å². The quantitative estimate of drug-likeness (QED) is 0.762. The number of thiazole rings is 1. The summed E-state index contributed by atoms with van der Waals surface area (Å²) in [5.74, 6) is 0. The van der Waals surface area contributed by atoms with Crippen molar-refractivity contribution in [3.05, 3.63) is 39.7 Å². The second kappa shape index (κ2) is 4.36. The molecule has 1 heterocycles. The summed E-state index contributed by atoms with van der Waals surface area (Å²) in [7, 11) is 0. The lowest BCUT2D eigenvalue weighted by Crippen LogP contribution is -2.28. The van der Waals surface area contributed by atoms with Crippen molar-refractivity contribution in [3.63, 3.8) is 0 Å². The number of fused-ring (bicyclic) bond motifs is 1. The smallest absolute Gasteiger partial charge is 0.124 e. The molecule has 1 aliphatic rings. The molecular weight excluding hydrogens is 238 g/mol. The first-order valence-electron chi connectivity index (χ1n) is 6.38. The van der Waals surface area contributed by atoms with Gasteiger partial charge in [0.15, 0.2) is 0 Å².